The maximum Gasteiger partial charge on any atom is 0.425 e. The highest BCUT2D eigenvalue weighted by Gasteiger charge is 2.51. The number of nitrogens with zero attached hydrogens (tertiary/aromatic N) is 5. The SMILES string of the molecule is CC(C)(C)OC(=O)N(C(=O)OC(C)(C)C)c1ncnc2c1ncn2[C@@H]1C=C(CF)[C@H]2OC(C)(C)OC21. The highest BCUT2D eigenvalue weighted by atomic mass is 19.1. The summed E-state index contributed by atoms with van der Waals surface area (Å²) in [5.41, 5.74) is -0.837. The molecule has 2 aliphatic rings. The minimum atomic E-state index is -0.971. The summed E-state index contributed by atoms with van der Waals surface area (Å²) in [5.74, 6) is -0.987. The number of alkyl halides is 1. The third kappa shape index (κ3) is 5.05. The van der Waals surface area contributed by atoms with Crippen LogP contribution in [0.15, 0.2) is 24.3 Å². The first-order valence-electron chi connectivity index (χ1n) is 11.7. The van der Waals surface area contributed by atoms with Crippen LogP contribution in [0.4, 0.5) is 19.8 Å². The van der Waals surface area contributed by atoms with Gasteiger partial charge in [0, 0.05) is 0 Å². The lowest BCUT2D eigenvalue weighted by Crippen LogP contribution is -2.44. The Balaban J connectivity index is 1.78. The number of ether oxygens (including phenoxy) is 4. The number of fused-ring (bicyclic) bond motifs is 2. The fourth-order valence-electron chi connectivity index (χ4n) is 4.18. The van der Waals surface area contributed by atoms with Gasteiger partial charge in [0.2, 0.25) is 0 Å². The molecule has 12 heteroatoms. The molecule has 3 heterocycles. The van der Waals surface area contributed by atoms with E-state index >= 15 is 0 Å². The summed E-state index contributed by atoms with van der Waals surface area (Å²) in [6.45, 7) is 12.9. The number of imide groups is 1. The van der Waals surface area contributed by atoms with Crippen molar-refractivity contribution in [2.24, 2.45) is 0 Å². The molecule has 36 heavy (non-hydrogen) atoms. The highest BCUT2D eigenvalue weighted by Crippen LogP contribution is 2.44. The van der Waals surface area contributed by atoms with E-state index in [9.17, 15) is 14.0 Å². The first-order valence-corrected chi connectivity index (χ1v) is 11.7. The molecular weight excluding hydrogens is 473 g/mol. The van der Waals surface area contributed by atoms with Gasteiger partial charge in [-0.3, -0.25) is 0 Å². The van der Waals surface area contributed by atoms with Crippen LogP contribution in [0.5, 0.6) is 0 Å². The van der Waals surface area contributed by atoms with Gasteiger partial charge in [0.15, 0.2) is 22.8 Å². The molecule has 0 bridgehead atoms. The molecule has 2 amide bonds. The van der Waals surface area contributed by atoms with Gasteiger partial charge in [0.25, 0.3) is 0 Å². The Morgan fingerprint density at radius 2 is 1.67 bits per heavy atom. The molecule has 2 aromatic heterocycles. The van der Waals surface area contributed by atoms with Gasteiger partial charge in [-0.15, -0.1) is 0 Å². The topological polar surface area (TPSA) is 118 Å². The molecule has 1 saturated heterocycles. The van der Waals surface area contributed by atoms with E-state index in [4.69, 9.17) is 18.9 Å². The number of carbonyl (C=O) groups is 2. The predicted molar refractivity (Wildman–Crippen MR) is 127 cm³/mol. The fourth-order valence-corrected chi connectivity index (χ4v) is 4.18. The Labute approximate surface area is 208 Å². The Morgan fingerprint density at radius 3 is 2.22 bits per heavy atom. The quantitative estimate of drug-likeness (QED) is 0.557. The number of carbonyl (C=O) groups excluding carboxylic acids is 2. The van der Waals surface area contributed by atoms with Crippen molar-refractivity contribution in [2.75, 3.05) is 11.6 Å². The second kappa shape index (κ2) is 8.77. The summed E-state index contributed by atoms with van der Waals surface area (Å²) in [6, 6.07) is -0.480. The van der Waals surface area contributed by atoms with Crippen LogP contribution in [0.1, 0.15) is 61.4 Å². The van der Waals surface area contributed by atoms with Gasteiger partial charge in [-0.2, -0.15) is 4.90 Å². The normalized spacial score (nSPS) is 23.4. The molecule has 196 valence electrons. The number of amides is 2. The van der Waals surface area contributed by atoms with Gasteiger partial charge >= 0.3 is 12.2 Å². The number of halogens is 1. The van der Waals surface area contributed by atoms with Crippen LogP contribution in [0.3, 0.4) is 0 Å². The highest BCUT2D eigenvalue weighted by molar-refractivity contribution is 6.12. The maximum atomic E-state index is 13.8. The zero-order valence-corrected chi connectivity index (χ0v) is 21.7. The van der Waals surface area contributed by atoms with Gasteiger partial charge < -0.3 is 23.5 Å². The van der Waals surface area contributed by atoms with Crippen LogP contribution in [-0.2, 0) is 18.9 Å². The molecule has 1 aliphatic heterocycles. The summed E-state index contributed by atoms with van der Waals surface area (Å²) in [5, 5.41) is 0. The molecule has 11 nitrogen and oxygen atoms in total. The van der Waals surface area contributed by atoms with Crippen LogP contribution < -0.4 is 4.90 Å². The first kappa shape index (κ1) is 26.0. The smallest absolute Gasteiger partial charge is 0.425 e. The largest absolute Gasteiger partial charge is 0.443 e. The summed E-state index contributed by atoms with van der Waals surface area (Å²) >= 11 is 0. The summed E-state index contributed by atoms with van der Waals surface area (Å²) < 4.78 is 38.3. The van der Waals surface area contributed by atoms with Crippen molar-refractivity contribution in [3.05, 3.63) is 24.3 Å². The lowest BCUT2D eigenvalue weighted by Gasteiger charge is -2.28. The third-order valence-corrected chi connectivity index (χ3v) is 5.39. The van der Waals surface area contributed by atoms with Crippen LogP contribution in [-0.4, -0.2) is 67.6 Å². The molecule has 1 unspecified atom stereocenters. The molecule has 2 aromatic rings. The first-order chi connectivity index (χ1) is 16.6. The number of hydrogen-bond acceptors (Lipinski definition) is 9. The van der Waals surface area contributed by atoms with Gasteiger partial charge in [-0.05, 0) is 61.0 Å². The van der Waals surface area contributed by atoms with Crippen LogP contribution in [0.25, 0.3) is 11.2 Å². The zero-order valence-electron chi connectivity index (χ0n) is 21.7. The van der Waals surface area contributed by atoms with Gasteiger partial charge in [0.05, 0.1) is 12.4 Å². The van der Waals surface area contributed by atoms with Gasteiger partial charge in [-0.25, -0.2) is 28.9 Å². The van der Waals surface area contributed by atoms with Crippen molar-refractivity contribution in [3.8, 4) is 0 Å². The van der Waals surface area contributed by atoms with Crippen molar-refractivity contribution in [1.82, 2.24) is 19.5 Å². The Bertz CT molecular complexity index is 1180. The van der Waals surface area contributed by atoms with Crippen molar-refractivity contribution in [3.63, 3.8) is 0 Å². The van der Waals surface area contributed by atoms with E-state index in [0.717, 1.165) is 0 Å². The molecule has 0 spiro atoms. The van der Waals surface area contributed by atoms with E-state index < -0.39 is 54.1 Å². The molecule has 4 rings (SSSR count). The molecular formula is C24H32FN5O6. The Kier molecular flexibility index (Phi) is 6.32. The van der Waals surface area contributed by atoms with E-state index in [1.165, 1.54) is 12.7 Å². The number of aromatic nitrogens is 4. The van der Waals surface area contributed by atoms with Crippen LogP contribution >= 0.6 is 0 Å². The van der Waals surface area contributed by atoms with Crippen molar-refractivity contribution in [1.29, 1.82) is 0 Å². The third-order valence-electron chi connectivity index (χ3n) is 5.39. The van der Waals surface area contributed by atoms with E-state index in [1.807, 2.05) is 0 Å². The molecule has 0 saturated carbocycles. The lowest BCUT2D eigenvalue weighted by atomic mass is 10.1. The second-order valence-corrected chi connectivity index (χ2v) is 11.2. The van der Waals surface area contributed by atoms with E-state index in [2.05, 4.69) is 15.0 Å². The number of rotatable bonds is 3. The molecule has 1 fully saturated rings. The molecule has 0 aromatic carbocycles. The lowest BCUT2D eigenvalue weighted by molar-refractivity contribution is -0.148. The predicted octanol–water partition coefficient (Wildman–Crippen LogP) is 4.47. The summed E-state index contributed by atoms with van der Waals surface area (Å²) in [4.78, 5) is 39.9. The number of imidazole rings is 1. The summed E-state index contributed by atoms with van der Waals surface area (Å²) in [7, 11) is 0. The average Bonchev–Trinajstić information content (AvgIpc) is 3.36. The minimum Gasteiger partial charge on any atom is -0.443 e. The Morgan fingerprint density at radius 1 is 1.06 bits per heavy atom. The number of anilines is 1. The van der Waals surface area contributed by atoms with Gasteiger partial charge in [-0.1, -0.05) is 6.08 Å². The van der Waals surface area contributed by atoms with Gasteiger partial charge in [0.1, 0.15) is 36.4 Å². The standard InChI is InChI=1S/C24H32FN5O6/c1-22(2,3)35-20(31)30(21(32)36-23(4,5)6)19-15-18(26-11-27-19)29(12-28-15)14-9-13(10-25)16-17(14)34-24(7,8)33-16/h9,11-12,14,16-17H,10H2,1-8H3/t14-,16-,17?/m1/s1. The summed E-state index contributed by atoms with van der Waals surface area (Å²) in [6.07, 6.45) is 1.43. The van der Waals surface area contributed by atoms with E-state index in [0.29, 0.717) is 16.1 Å². The van der Waals surface area contributed by atoms with Crippen LogP contribution in [0.2, 0.25) is 0 Å². The molecule has 3 atom stereocenters. The zero-order chi connectivity index (χ0) is 26.6. The molecule has 0 radical (unpaired) electrons. The van der Waals surface area contributed by atoms with E-state index in [1.54, 1.807) is 66.0 Å². The van der Waals surface area contributed by atoms with Crippen molar-refractivity contribution < 1.29 is 32.9 Å². The monoisotopic (exact) mass is 505 g/mol. The maximum absolute atomic E-state index is 13.8. The van der Waals surface area contributed by atoms with Crippen molar-refractivity contribution in [2.45, 2.75) is 90.6 Å². The second-order valence-electron chi connectivity index (χ2n) is 11.2. The minimum absolute atomic E-state index is 0.101. The van der Waals surface area contributed by atoms with E-state index in [-0.39, 0.29) is 11.3 Å². The van der Waals surface area contributed by atoms with Crippen LogP contribution in [0, 0.1) is 0 Å². The van der Waals surface area contributed by atoms with Crippen molar-refractivity contribution >= 4 is 29.2 Å². The molecule has 0 N–H and O–H groups in total. The molecule has 1 aliphatic carbocycles. The fraction of sp³-hybridized carbons (Fsp3) is 0.625. The number of hydrogen-bond donors (Lipinski definition) is 0. The average molecular weight is 506 g/mol. The Hall–Kier alpha value is -3.12.